The van der Waals surface area contributed by atoms with E-state index in [2.05, 4.69) is 29.5 Å². The number of carbonyl (C=O) groups excluding carboxylic acids is 1. The second-order valence-electron chi connectivity index (χ2n) is 6.51. The smallest absolute Gasteiger partial charge is 0.260 e. The van der Waals surface area contributed by atoms with Crippen molar-refractivity contribution in [1.82, 2.24) is 24.8 Å². The van der Waals surface area contributed by atoms with Crippen LogP contribution < -0.4 is 10.2 Å². The number of nitrogens with one attached hydrogen (secondary N) is 1. The Morgan fingerprint density at radius 3 is 2.63 bits per heavy atom. The first-order valence-electron chi connectivity index (χ1n) is 9.05. The molecule has 0 bridgehead atoms. The predicted octanol–water partition coefficient (Wildman–Crippen LogP) is 1.05. The molecule has 10 heteroatoms. The minimum atomic E-state index is -3.61. The third-order valence-electron chi connectivity index (χ3n) is 4.09. The molecule has 0 aliphatic heterocycles. The molecule has 0 saturated carbocycles. The molecule has 0 aliphatic carbocycles. The predicted molar refractivity (Wildman–Crippen MR) is 102 cm³/mol. The maximum absolute atomic E-state index is 12.7. The van der Waals surface area contributed by atoms with Crippen LogP contribution >= 0.6 is 0 Å². The van der Waals surface area contributed by atoms with Crippen LogP contribution in [0.15, 0.2) is 23.1 Å². The second-order valence-corrected chi connectivity index (χ2v) is 8.45. The van der Waals surface area contributed by atoms with Gasteiger partial charge >= 0.3 is 0 Å². The summed E-state index contributed by atoms with van der Waals surface area (Å²) in [6.07, 6.45) is 0.880. The molecular formula is C17H27N5O4S. The fraction of sp³-hybridized carbons (Fsp3) is 0.588. The lowest BCUT2D eigenvalue weighted by Gasteiger charge is -2.18. The summed E-state index contributed by atoms with van der Waals surface area (Å²) in [4.78, 5) is 18.4. The summed E-state index contributed by atoms with van der Waals surface area (Å²) < 4.78 is 26.7. The van der Waals surface area contributed by atoms with Crippen molar-refractivity contribution in [3.8, 4) is 0 Å². The van der Waals surface area contributed by atoms with E-state index in [1.165, 1.54) is 16.4 Å². The standard InChI is InChI=1S/C17H27N5O4S/c1-5-21(6-2)27(24,25)14-7-8-15-16(11-14)22(20-19-15)26-12-17(23)18-10-9-13(3)4/h7-8,11,13H,5-6,9-10,12H2,1-4H3,(H,18,23). The fourth-order valence-corrected chi connectivity index (χ4v) is 4.00. The molecule has 1 heterocycles. The Labute approximate surface area is 159 Å². The molecule has 0 radical (unpaired) electrons. The minimum Gasteiger partial charge on any atom is -0.385 e. The summed E-state index contributed by atoms with van der Waals surface area (Å²) in [7, 11) is -3.61. The van der Waals surface area contributed by atoms with E-state index in [1.807, 2.05) is 0 Å². The van der Waals surface area contributed by atoms with Crippen molar-refractivity contribution in [1.29, 1.82) is 0 Å². The topological polar surface area (TPSA) is 106 Å². The van der Waals surface area contributed by atoms with E-state index < -0.39 is 10.0 Å². The lowest BCUT2D eigenvalue weighted by atomic mass is 10.1. The summed E-state index contributed by atoms with van der Waals surface area (Å²) in [6, 6.07) is 4.52. The molecule has 1 aromatic carbocycles. The van der Waals surface area contributed by atoms with Gasteiger partial charge in [0.15, 0.2) is 6.61 Å². The summed E-state index contributed by atoms with van der Waals surface area (Å²) in [5.74, 6) is 0.225. The summed E-state index contributed by atoms with van der Waals surface area (Å²) in [5, 5.41) is 10.5. The van der Waals surface area contributed by atoms with E-state index in [1.54, 1.807) is 19.9 Å². The van der Waals surface area contributed by atoms with Crippen LogP contribution in [0.1, 0.15) is 34.1 Å². The molecule has 1 aromatic heterocycles. The lowest BCUT2D eigenvalue weighted by Crippen LogP contribution is -2.33. The Morgan fingerprint density at radius 2 is 2.00 bits per heavy atom. The van der Waals surface area contributed by atoms with Crippen molar-refractivity contribution in [2.45, 2.75) is 39.0 Å². The number of rotatable bonds is 10. The zero-order valence-corrected chi connectivity index (χ0v) is 17.0. The highest BCUT2D eigenvalue weighted by Gasteiger charge is 2.23. The molecule has 9 nitrogen and oxygen atoms in total. The largest absolute Gasteiger partial charge is 0.385 e. The average molecular weight is 398 g/mol. The van der Waals surface area contributed by atoms with Gasteiger partial charge in [-0.1, -0.05) is 32.5 Å². The first-order chi connectivity index (χ1) is 12.8. The molecule has 0 saturated heterocycles. The van der Waals surface area contributed by atoms with Crippen molar-refractivity contribution < 1.29 is 18.0 Å². The number of amides is 1. The number of hydrogen-bond donors (Lipinski definition) is 1. The lowest BCUT2D eigenvalue weighted by molar-refractivity contribution is -0.126. The minimum absolute atomic E-state index is 0.132. The molecule has 0 aliphatic rings. The maximum atomic E-state index is 12.7. The van der Waals surface area contributed by atoms with Crippen LogP contribution in [0, 0.1) is 5.92 Å². The van der Waals surface area contributed by atoms with Crippen molar-refractivity contribution in [3.05, 3.63) is 18.2 Å². The van der Waals surface area contributed by atoms with Gasteiger partial charge in [-0.25, -0.2) is 8.42 Å². The fourth-order valence-electron chi connectivity index (χ4n) is 2.52. The van der Waals surface area contributed by atoms with Gasteiger partial charge in [0, 0.05) is 19.6 Å². The SMILES string of the molecule is CCN(CC)S(=O)(=O)c1ccc2nnn(OCC(=O)NCCC(C)C)c2c1. The normalized spacial score (nSPS) is 12.1. The van der Waals surface area contributed by atoms with Crippen LogP contribution in [0.5, 0.6) is 0 Å². The van der Waals surface area contributed by atoms with Crippen LogP contribution in [-0.2, 0) is 14.8 Å². The van der Waals surface area contributed by atoms with E-state index in [0.29, 0.717) is 36.6 Å². The van der Waals surface area contributed by atoms with Gasteiger partial charge in [-0.15, -0.1) is 5.10 Å². The van der Waals surface area contributed by atoms with E-state index in [9.17, 15) is 13.2 Å². The quantitative estimate of drug-likeness (QED) is 0.642. The summed E-state index contributed by atoms with van der Waals surface area (Å²) in [6.45, 7) is 8.82. The molecule has 150 valence electrons. The highest BCUT2D eigenvalue weighted by atomic mass is 32.2. The zero-order valence-electron chi connectivity index (χ0n) is 16.2. The van der Waals surface area contributed by atoms with Gasteiger partial charge in [-0.2, -0.15) is 4.31 Å². The van der Waals surface area contributed by atoms with Gasteiger partial charge in [0.25, 0.3) is 5.91 Å². The van der Waals surface area contributed by atoms with Gasteiger partial charge in [0.2, 0.25) is 10.0 Å². The number of aromatic nitrogens is 3. The van der Waals surface area contributed by atoms with E-state index >= 15 is 0 Å². The number of nitrogens with zero attached hydrogens (tertiary/aromatic N) is 4. The first kappa shape index (κ1) is 21.1. The molecule has 0 atom stereocenters. The molecule has 2 aromatic rings. The molecule has 1 N–H and O–H groups in total. The Balaban J connectivity index is 2.14. The van der Waals surface area contributed by atoms with Crippen LogP contribution in [0.2, 0.25) is 0 Å². The van der Waals surface area contributed by atoms with Crippen molar-refractivity contribution in [3.63, 3.8) is 0 Å². The van der Waals surface area contributed by atoms with Crippen molar-refractivity contribution in [2.75, 3.05) is 26.2 Å². The molecule has 0 fully saturated rings. The van der Waals surface area contributed by atoms with Crippen LogP contribution in [0.4, 0.5) is 0 Å². The van der Waals surface area contributed by atoms with Crippen molar-refractivity contribution >= 4 is 27.0 Å². The van der Waals surface area contributed by atoms with E-state index in [4.69, 9.17) is 4.84 Å². The van der Waals surface area contributed by atoms with Gasteiger partial charge in [0.05, 0.1) is 4.90 Å². The Kier molecular flexibility index (Phi) is 7.14. The molecule has 0 unspecified atom stereocenters. The van der Waals surface area contributed by atoms with Crippen LogP contribution in [0.25, 0.3) is 11.0 Å². The van der Waals surface area contributed by atoms with Gasteiger partial charge in [0.1, 0.15) is 11.0 Å². The Hall–Kier alpha value is -2.20. The number of fused-ring (bicyclic) bond motifs is 1. The van der Waals surface area contributed by atoms with E-state index in [-0.39, 0.29) is 17.4 Å². The van der Waals surface area contributed by atoms with Crippen LogP contribution in [-0.4, -0.2) is 60.0 Å². The Morgan fingerprint density at radius 1 is 1.30 bits per heavy atom. The monoisotopic (exact) mass is 397 g/mol. The number of hydrogen-bond acceptors (Lipinski definition) is 6. The molecular weight excluding hydrogens is 370 g/mol. The average Bonchev–Trinajstić information content (AvgIpc) is 3.02. The highest BCUT2D eigenvalue weighted by Crippen LogP contribution is 2.20. The highest BCUT2D eigenvalue weighted by molar-refractivity contribution is 7.89. The van der Waals surface area contributed by atoms with Gasteiger partial charge in [-0.05, 0) is 35.8 Å². The molecule has 27 heavy (non-hydrogen) atoms. The number of sulfonamides is 1. The van der Waals surface area contributed by atoms with Crippen LogP contribution in [0.3, 0.4) is 0 Å². The first-order valence-corrected chi connectivity index (χ1v) is 10.5. The Bertz CT molecular complexity index is 875. The molecule has 1 amide bonds. The summed E-state index contributed by atoms with van der Waals surface area (Å²) >= 11 is 0. The van der Waals surface area contributed by atoms with Gasteiger partial charge < -0.3 is 10.2 Å². The summed E-state index contributed by atoms with van der Waals surface area (Å²) in [5.41, 5.74) is 0.868. The van der Waals surface area contributed by atoms with Gasteiger partial charge in [-0.3, -0.25) is 4.79 Å². The van der Waals surface area contributed by atoms with Crippen molar-refractivity contribution in [2.24, 2.45) is 5.92 Å². The molecule has 2 rings (SSSR count). The third-order valence-corrected chi connectivity index (χ3v) is 6.14. The third kappa shape index (κ3) is 5.16. The second kappa shape index (κ2) is 9.14. The molecule has 0 spiro atoms. The number of carbonyl (C=O) groups is 1. The van der Waals surface area contributed by atoms with E-state index in [0.717, 1.165) is 11.3 Å². The zero-order chi connectivity index (χ0) is 20.0. The number of benzene rings is 1. The maximum Gasteiger partial charge on any atom is 0.260 e.